The highest BCUT2D eigenvalue weighted by Crippen LogP contribution is 2.28. The van der Waals surface area contributed by atoms with Crippen molar-refractivity contribution < 1.29 is 9.32 Å². The van der Waals surface area contributed by atoms with E-state index in [1.54, 1.807) is 23.9 Å². The summed E-state index contributed by atoms with van der Waals surface area (Å²) in [7, 11) is 0. The van der Waals surface area contributed by atoms with Gasteiger partial charge in [-0.05, 0) is 55.5 Å². The number of carbonyl (C=O) groups is 1. The van der Waals surface area contributed by atoms with Gasteiger partial charge >= 0.3 is 0 Å². The summed E-state index contributed by atoms with van der Waals surface area (Å²) >= 11 is 7.62. The lowest BCUT2D eigenvalue weighted by atomic mass is 9.97. The van der Waals surface area contributed by atoms with Gasteiger partial charge in [0.2, 0.25) is 17.6 Å². The molecule has 0 saturated carbocycles. The van der Waals surface area contributed by atoms with Crippen LogP contribution in [0.4, 0.5) is 0 Å². The van der Waals surface area contributed by atoms with Crippen molar-refractivity contribution in [3.8, 4) is 11.4 Å². The van der Waals surface area contributed by atoms with Crippen molar-refractivity contribution in [1.82, 2.24) is 15.0 Å². The lowest BCUT2D eigenvalue weighted by molar-refractivity contribution is -0.133. The molecule has 2 aromatic rings. The Morgan fingerprint density at radius 2 is 2.19 bits per heavy atom. The number of rotatable bonds is 6. The molecule has 6 nitrogen and oxygen atoms in total. The van der Waals surface area contributed by atoms with Crippen molar-refractivity contribution in [3.63, 3.8) is 0 Å². The molecule has 1 unspecified atom stereocenters. The van der Waals surface area contributed by atoms with Gasteiger partial charge in [-0.3, -0.25) is 4.79 Å². The third-order valence-electron chi connectivity index (χ3n) is 4.58. The summed E-state index contributed by atoms with van der Waals surface area (Å²) in [4.78, 5) is 18.9. The summed E-state index contributed by atoms with van der Waals surface area (Å²) in [5, 5.41) is 4.74. The number of hydrogen-bond acceptors (Lipinski definition) is 6. The fourth-order valence-electron chi connectivity index (χ4n) is 3.10. The molecule has 1 aromatic carbocycles. The average Bonchev–Trinajstić information content (AvgIpc) is 3.16. The van der Waals surface area contributed by atoms with Crippen molar-refractivity contribution in [1.29, 1.82) is 0 Å². The fraction of sp³-hybridized carbons (Fsp3) is 0.500. The number of hydrogen-bond donors (Lipinski definition) is 1. The van der Waals surface area contributed by atoms with E-state index in [4.69, 9.17) is 21.9 Å². The Hall–Kier alpha value is -1.28. The molecule has 3 rings (SSSR count). The predicted octanol–water partition coefficient (Wildman–Crippen LogP) is 3.60. The summed E-state index contributed by atoms with van der Waals surface area (Å²) in [6.45, 7) is 1.31. The maximum atomic E-state index is 12.6. The minimum Gasteiger partial charge on any atom is -0.341 e. The number of likely N-dealkylation sites (tertiary alicyclic amines) is 1. The fourth-order valence-corrected chi connectivity index (χ4v) is 3.71. The molecule has 27 heavy (non-hydrogen) atoms. The largest absolute Gasteiger partial charge is 0.341 e. The van der Waals surface area contributed by atoms with Crippen LogP contribution in [0.5, 0.6) is 0 Å². The van der Waals surface area contributed by atoms with E-state index in [-0.39, 0.29) is 24.2 Å². The SMILES string of the molecule is CSCC[C@H](N)C(=O)N1CCCC(c2nc(-c3ccc(Cl)cc3)no2)C1.Cl. The highest BCUT2D eigenvalue weighted by Gasteiger charge is 2.30. The second-order valence-electron chi connectivity index (χ2n) is 6.47. The molecule has 2 N–H and O–H groups in total. The van der Waals surface area contributed by atoms with Crippen molar-refractivity contribution in [3.05, 3.63) is 35.2 Å². The monoisotopic (exact) mass is 430 g/mol. The molecule has 1 fully saturated rings. The van der Waals surface area contributed by atoms with Crippen LogP contribution in [0, 0.1) is 0 Å². The quantitative estimate of drug-likeness (QED) is 0.753. The number of benzene rings is 1. The molecule has 9 heteroatoms. The first-order valence-electron chi connectivity index (χ1n) is 8.71. The Bertz CT molecular complexity index is 741. The molecule has 148 valence electrons. The standard InChI is InChI=1S/C18H23ClN4O2S.ClH/c1-26-10-8-15(20)18(24)23-9-2-3-13(11-23)17-21-16(22-25-17)12-4-6-14(19)7-5-12;/h4-7,13,15H,2-3,8-11,20H2,1H3;1H/t13?,15-;/m0./s1. The zero-order chi connectivity index (χ0) is 18.5. The summed E-state index contributed by atoms with van der Waals surface area (Å²) in [6.07, 6.45) is 4.54. The summed E-state index contributed by atoms with van der Waals surface area (Å²) < 4.78 is 5.48. The van der Waals surface area contributed by atoms with E-state index in [1.165, 1.54) is 0 Å². The van der Waals surface area contributed by atoms with Gasteiger partial charge in [0.05, 0.1) is 12.0 Å². The molecule has 0 radical (unpaired) electrons. The number of piperidine rings is 1. The van der Waals surface area contributed by atoms with E-state index in [1.807, 2.05) is 23.3 Å². The van der Waals surface area contributed by atoms with Gasteiger partial charge in [-0.1, -0.05) is 16.8 Å². The molecule has 0 aliphatic carbocycles. The second-order valence-corrected chi connectivity index (χ2v) is 7.90. The van der Waals surface area contributed by atoms with E-state index in [0.717, 1.165) is 30.7 Å². The molecule has 0 spiro atoms. The van der Waals surface area contributed by atoms with Gasteiger partial charge in [-0.25, -0.2) is 0 Å². The van der Waals surface area contributed by atoms with Crippen LogP contribution < -0.4 is 5.73 Å². The number of nitrogens with zero attached hydrogens (tertiary/aromatic N) is 3. The Morgan fingerprint density at radius 1 is 1.44 bits per heavy atom. The molecule has 0 bridgehead atoms. The molecule has 1 aromatic heterocycles. The van der Waals surface area contributed by atoms with E-state index >= 15 is 0 Å². The Morgan fingerprint density at radius 3 is 2.89 bits per heavy atom. The van der Waals surface area contributed by atoms with Gasteiger partial charge in [0.15, 0.2) is 0 Å². The van der Waals surface area contributed by atoms with Gasteiger partial charge in [0.1, 0.15) is 0 Å². The Balaban J connectivity index is 0.00000261. The van der Waals surface area contributed by atoms with Crippen LogP contribution in [-0.2, 0) is 4.79 Å². The van der Waals surface area contributed by atoms with Gasteiger partial charge < -0.3 is 15.2 Å². The highest BCUT2D eigenvalue weighted by molar-refractivity contribution is 7.98. The van der Waals surface area contributed by atoms with Crippen LogP contribution >= 0.6 is 35.8 Å². The molecule has 1 amide bonds. The van der Waals surface area contributed by atoms with Crippen LogP contribution in [0.2, 0.25) is 5.02 Å². The smallest absolute Gasteiger partial charge is 0.239 e. The topological polar surface area (TPSA) is 85.3 Å². The van der Waals surface area contributed by atoms with Gasteiger partial charge in [0.25, 0.3) is 0 Å². The average molecular weight is 431 g/mol. The molecule has 1 aliphatic rings. The number of aromatic nitrogens is 2. The maximum Gasteiger partial charge on any atom is 0.239 e. The summed E-state index contributed by atoms with van der Waals surface area (Å²) in [5.74, 6) is 2.07. The summed E-state index contributed by atoms with van der Waals surface area (Å²) in [6, 6.07) is 6.87. The minimum atomic E-state index is -0.437. The van der Waals surface area contributed by atoms with E-state index in [0.29, 0.717) is 29.7 Å². The first-order chi connectivity index (χ1) is 12.6. The van der Waals surface area contributed by atoms with Crippen LogP contribution in [0.25, 0.3) is 11.4 Å². The molecular formula is C18H24Cl2N4O2S. The molecule has 1 saturated heterocycles. The van der Waals surface area contributed by atoms with Crippen LogP contribution in [0.3, 0.4) is 0 Å². The van der Waals surface area contributed by atoms with Crippen LogP contribution in [0.1, 0.15) is 31.1 Å². The molecule has 1 aliphatic heterocycles. The van der Waals surface area contributed by atoms with Crippen molar-refractivity contribution in [2.24, 2.45) is 5.73 Å². The number of halogens is 2. The van der Waals surface area contributed by atoms with Gasteiger partial charge in [-0.15, -0.1) is 12.4 Å². The first kappa shape index (κ1) is 22.0. The Labute approximate surface area is 174 Å². The van der Waals surface area contributed by atoms with E-state index in [2.05, 4.69) is 10.1 Å². The second kappa shape index (κ2) is 10.3. The zero-order valence-electron chi connectivity index (χ0n) is 15.1. The predicted molar refractivity (Wildman–Crippen MR) is 112 cm³/mol. The van der Waals surface area contributed by atoms with Gasteiger partial charge in [-0.2, -0.15) is 16.7 Å². The van der Waals surface area contributed by atoms with E-state index in [9.17, 15) is 4.79 Å². The third kappa shape index (κ3) is 5.60. The Kier molecular flexibility index (Phi) is 8.41. The lowest BCUT2D eigenvalue weighted by Crippen LogP contribution is -2.47. The van der Waals surface area contributed by atoms with Crippen LogP contribution in [0.15, 0.2) is 28.8 Å². The highest BCUT2D eigenvalue weighted by atomic mass is 35.5. The first-order valence-corrected chi connectivity index (χ1v) is 10.5. The molecule has 2 heterocycles. The summed E-state index contributed by atoms with van der Waals surface area (Å²) in [5.41, 5.74) is 6.90. The molecule has 2 atom stereocenters. The lowest BCUT2D eigenvalue weighted by Gasteiger charge is -2.32. The van der Waals surface area contributed by atoms with Crippen molar-refractivity contribution >= 4 is 41.7 Å². The molecular weight excluding hydrogens is 407 g/mol. The van der Waals surface area contributed by atoms with E-state index < -0.39 is 6.04 Å². The van der Waals surface area contributed by atoms with Crippen molar-refractivity contribution in [2.45, 2.75) is 31.2 Å². The normalized spacial score (nSPS) is 18.0. The minimum absolute atomic E-state index is 0. The van der Waals surface area contributed by atoms with Gasteiger partial charge in [0, 0.05) is 23.7 Å². The third-order valence-corrected chi connectivity index (χ3v) is 5.47. The van der Waals surface area contributed by atoms with Crippen LogP contribution in [-0.4, -0.2) is 52.1 Å². The number of nitrogens with two attached hydrogens (primary N) is 1. The number of thioether (sulfide) groups is 1. The van der Waals surface area contributed by atoms with Crippen molar-refractivity contribution in [2.75, 3.05) is 25.1 Å². The number of carbonyl (C=O) groups excluding carboxylic acids is 1. The maximum absolute atomic E-state index is 12.6. The zero-order valence-corrected chi connectivity index (χ0v) is 17.5. The number of amides is 1.